The molecule has 1 aromatic rings. The van der Waals surface area contributed by atoms with Crippen LogP contribution in [0.1, 0.15) is 25.3 Å². The summed E-state index contributed by atoms with van der Waals surface area (Å²) in [4.78, 5) is 0.241. The van der Waals surface area contributed by atoms with Gasteiger partial charge in [0, 0.05) is 11.8 Å². The van der Waals surface area contributed by atoms with Crippen molar-refractivity contribution in [3.8, 4) is 0 Å². The first-order valence-corrected chi connectivity index (χ1v) is 8.50. The second kappa shape index (κ2) is 3.84. The molecule has 1 heterocycles. The molecule has 1 unspecified atom stereocenters. The number of hydrogen-bond donors (Lipinski definition) is 0. The number of epoxide rings is 1. The molecule has 0 aromatic heterocycles. The van der Waals surface area contributed by atoms with Gasteiger partial charge in [-0.25, -0.2) is 0 Å². The summed E-state index contributed by atoms with van der Waals surface area (Å²) in [7, 11) is -3.70. The molecule has 1 aromatic carbocycles. The van der Waals surface area contributed by atoms with Gasteiger partial charge in [-0.1, -0.05) is 17.7 Å². The number of benzene rings is 1. The summed E-state index contributed by atoms with van der Waals surface area (Å²) in [5, 5.41) is 0. The Balaban J connectivity index is 1.64. The summed E-state index contributed by atoms with van der Waals surface area (Å²) in [5.41, 5.74) is 0.447. The van der Waals surface area contributed by atoms with Crippen LogP contribution in [0.4, 0.5) is 0 Å². The van der Waals surface area contributed by atoms with Crippen LogP contribution in [0.2, 0.25) is 0 Å². The zero-order valence-corrected chi connectivity index (χ0v) is 12.4. The van der Waals surface area contributed by atoms with Gasteiger partial charge < -0.3 is 4.74 Å². The molecule has 0 N–H and O–H groups in total. The van der Waals surface area contributed by atoms with Crippen LogP contribution < -0.4 is 0 Å². The Labute approximate surface area is 119 Å². The quantitative estimate of drug-likeness (QED) is 0.634. The maximum atomic E-state index is 12.5. The number of fused-ring (bicyclic) bond motifs is 5. The van der Waals surface area contributed by atoms with Crippen molar-refractivity contribution in [3.05, 3.63) is 29.8 Å². The van der Waals surface area contributed by atoms with Crippen molar-refractivity contribution in [3.63, 3.8) is 0 Å². The molecule has 3 fully saturated rings. The summed E-state index contributed by atoms with van der Waals surface area (Å²) in [5.74, 6) is 0.440. The summed E-state index contributed by atoms with van der Waals surface area (Å²) < 4.78 is 36.3. The SMILES string of the molecule is Cc1ccc(S(=O)(=O)OC2(C)[C@@H]3CC[C@H]2[C@H]2O[C@H]23)cc1. The van der Waals surface area contributed by atoms with Gasteiger partial charge in [0.05, 0.1) is 22.7 Å². The van der Waals surface area contributed by atoms with E-state index in [1.165, 1.54) is 0 Å². The highest BCUT2D eigenvalue weighted by molar-refractivity contribution is 7.86. The zero-order chi connectivity index (χ0) is 14.1. The van der Waals surface area contributed by atoms with Gasteiger partial charge in [-0.3, -0.25) is 4.18 Å². The molecule has 0 radical (unpaired) electrons. The van der Waals surface area contributed by atoms with E-state index in [1.807, 2.05) is 13.8 Å². The smallest absolute Gasteiger partial charge is 0.297 e. The minimum atomic E-state index is -3.70. The van der Waals surface area contributed by atoms with Crippen molar-refractivity contribution >= 4 is 10.1 Å². The number of aryl methyl sites for hydroxylation is 1. The zero-order valence-electron chi connectivity index (χ0n) is 11.6. The van der Waals surface area contributed by atoms with Crippen molar-refractivity contribution < 1.29 is 17.3 Å². The number of rotatable bonds is 3. The van der Waals surface area contributed by atoms with Crippen molar-refractivity contribution in [2.45, 2.75) is 49.4 Å². The van der Waals surface area contributed by atoms with E-state index in [0.717, 1.165) is 18.4 Å². The van der Waals surface area contributed by atoms with Gasteiger partial charge in [-0.15, -0.1) is 0 Å². The van der Waals surface area contributed by atoms with Gasteiger partial charge in [-0.05, 0) is 38.8 Å². The lowest BCUT2D eigenvalue weighted by molar-refractivity contribution is -0.000105. The molecule has 4 rings (SSSR count). The predicted octanol–water partition coefficient (Wildman–Crippen LogP) is 2.27. The molecule has 5 heteroatoms. The van der Waals surface area contributed by atoms with Crippen LogP contribution in [0.5, 0.6) is 0 Å². The van der Waals surface area contributed by atoms with E-state index in [2.05, 4.69) is 0 Å². The Morgan fingerprint density at radius 3 is 2.25 bits per heavy atom. The van der Waals surface area contributed by atoms with Gasteiger partial charge in [-0.2, -0.15) is 8.42 Å². The number of ether oxygens (including phenoxy) is 1. The van der Waals surface area contributed by atoms with E-state index < -0.39 is 15.7 Å². The van der Waals surface area contributed by atoms with Crippen LogP contribution >= 0.6 is 0 Å². The molecule has 2 saturated carbocycles. The molecule has 20 heavy (non-hydrogen) atoms. The van der Waals surface area contributed by atoms with Gasteiger partial charge >= 0.3 is 0 Å². The van der Waals surface area contributed by atoms with Crippen LogP contribution in [-0.4, -0.2) is 26.2 Å². The third-order valence-electron chi connectivity index (χ3n) is 5.21. The summed E-state index contributed by atoms with van der Waals surface area (Å²) in [6.45, 7) is 3.87. The topological polar surface area (TPSA) is 55.9 Å². The van der Waals surface area contributed by atoms with E-state index in [4.69, 9.17) is 8.92 Å². The molecular formula is C15H18O4S. The van der Waals surface area contributed by atoms with Gasteiger partial charge in [0.25, 0.3) is 10.1 Å². The third-order valence-corrected chi connectivity index (χ3v) is 6.64. The molecular weight excluding hydrogens is 276 g/mol. The number of hydrogen-bond acceptors (Lipinski definition) is 4. The molecule has 2 aliphatic carbocycles. The van der Waals surface area contributed by atoms with Crippen LogP contribution in [0.25, 0.3) is 0 Å². The predicted molar refractivity (Wildman–Crippen MR) is 72.7 cm³/mol. The molecule has 108 valence electrons. The molecule has 4 nitrogen and oxygen atoms in total. The molecule has 3 aliphatic rings. The first-order chi connectivity index (χ1) is 9.42. The molecule has 0 amide bonds. The van der Waals surface area contributed by atoms with Crippen LogP contribution in [0.3, 0.4) is 0 Å². The normalized spacial score (nSPS) is 41.7. The van der Waals surface area contributed by atoms with E-state index in [0.29, 0.717) is 0 Å². The minimum absolute atomic E-state index is 0.220. The second-order valence-electron chi connectivity index (χ2n) is 6.39. The lowest BCUT2D eigenvalue weighted by atomic mass is 9.93. The first kappa shape index (κ1) is 12.8. The molecule has 1 saturated heterocycles. The van der Waals surface area contributed by atoms with Crippen molar-refractivity contribution in [2.75, 3.05) is 0 Å². The average Bonchev–Trinajstić information content (AvgIpc) is 3.07. The minimum Gasteiger partial charge on any atom is -0.369 e. The van der Waals surface area contributed by atoms with Gasteiger partial charge in [0.2, 0.25) is 0 Å². The summed E-state index contributed by atoms with van der Waals surface area (Å²) in [6.07, 6.45) is 2.47. The summed E-state index contributed by atoms with van der Waals surface area (Å²) >= 11 is 0. The van der Waals surface area contributed by atoms with E-state index in [9.17, 15) is 8.42 Å². The summed E-state index contributed by atoms with van der Waals surface area (Å²) in [6, 6.07) is 6.81. The first-order valence-electron chi connectivity index (χ1n) is 7.09. The van der Waals surface area contributed by atoms with Gasteiger partial charge in [0.1, 0.15) is 0 Å². The van der Waals surface area contributed by atoms with E-state index in [-0.39, 0.29) is 28.9 Å². The van der Waals surface area contributed by atoms with Crippen molar-refractivity contribution in [1.82, 2.24) is 0 Å². The maximum absolute atomic E-state index is 12.5. The fourth-order valence-electron chi connectivity index (χ4n) is 4.08. The van der Waals surface area contributed by atoms with Crippen LogP contribution in [0, 0.1) is 18.8 Å². The molecule has 2 bridgehead atoms. The van der Waals surface area contributed by atoms with Crippen molar-refractivity contribution in [2.24, 2.45) is 11.8 Å². The van der Waals surface area contributed by atoms with Crippen molar-refractivity contribution in [1.29, 1.82) is 0 Å². The highest BCUT2D eigenvalue weighted by Gasteiger charge is 2.72. The standard InChI is InChI=1S/C15H18O4S/c1-9-3-5-10(6-4-9)20(16,17)19-15(2)11-7-8-12(15)14-13(11)18-14/h3-6,11-14H,7-8H2,1-2H3/t11-,12+,13+,14-,15?. The third kappa shape index (κ3) is 1.63. The largest absolute Gasteiger partial charge is 0.369 e. The second-order valence-corrected chi connectivity index (χ2v) is 7.94. The highest BCUT2D eigenvalue weighted by Crippen LogP contribution is 2.63. The fraction of sp³-hybridized carbons (Fsp3) is 0.600. The van der Waals surface area contributed by atoms with E-state index in [1.54, 1.807) is 24.3 Å². The van der Waals surface area contributed by atoms with Gasteiger partial charge in [0.15, 0.2) is 0 Å². The molecule has 1 aliphatic heterocycles. The Morgan fingerprint density at radius 2 is 1.70 bits per heavy atom. The maximum Gasteiger partial charge on any atom is 0.297 e. The lowest BCUT2D eigenvalue weighted by Crippen LogP contribution is -2.40. The highest BCUT2D eigenvalue weighted by atomic mass is 32.2. The van der Waals surface area contributed by atoms with E-state index >= 15 is 0 Å². The monoisotopic (exact) mass is 294 g/mol. The average molecular weight is 294 g/mol. The van der Waals surface area contributed by atoms with Crippen LogP contribution in [-0.2, 0) is 19.0 Å². The fourth-order valence-corrected chi connectivity index (χ4v) is 5.37. The molecule has 5 atom stereocenters. The Kier molecular flexibility index (Phi) is 2.46. The Morgan fingerprint density at radius 1 is 1.15 bits per heavy atom. The Hall–Kier alpha value is -0.910. The Bertz CT molecular complexity index is 633. The molecule has 0 spiro atoms. The lowest BCUT2D eigenvalue weighted by Gasteiger charge is -2.31. The van der Waals surface area contributed by atoms with Crippen LogP contribution in [0.15, 0.2) is 29.2 Å².